The highest BCUT2D eigenvalue weighted by Crippen LogP contribution is 2.23. The summed E-state index contributed by atoms with van der Waals surface area (Å²) >= 11 is 6.05. The highest BCUT2D eigenvalue weighted by molar-refractivity contribution is 6.29. The zero-order chi connectivity index (χ0) is 21.7. The average Bonchev–Trinajstić information content (AvgIpc) is 2.67. The molecule has 2 heterocycles. The molecule has 30 heavy (non-hydrogen) atoms. The Bertz CT molecular complexity index is 949. The van der Waals surface area contributed by atoms with E-state index in [1.165, 1.54) is 5.56 Å². The first-order valence-corrected chi connectivity index (χ1v) is 10.6. The number of aromatic nitrogens is 2. The fourth-order valence-corrected chi connectivity index (χ4v) is 3.42. The molecule has 2 aromatic heterocycles. The number of pyridine rings is 2. The fourth-order valence-electron chi connectivity index (χ4n) is 3.27. The third kappa shape index (κ3) is 6.02. The summed E-state index contributed by atoms with van der Waals surface area (Å²) in [5.74, 6) is 0. The normalized spacial score (nSPS) is 15.8. The smallest absolute Gasteiger partial charge is 0.129 e. The van der Waals surface area contributed by atoms with E-state index >= 15 is 0 Å². The molecule has 3 rings (SSSR count). The molecule has 0 saturated carbocycles. The molecule has 7 heteroatoms. The van der Waals surface area contributed by atoms with Crippen LogP contribution in [0.1, 0.15) is 61.8 Å². The van der Waals surface area contributed by atoms with Crippen molar-refractivity contribution < 1.29 is 9.68 Å². The van der Waals surface area contributed by atoms with Gasteiger partial charge >= 0.3 is 0 Å². The highest BCUT2D eigenvalue weighted by Gasteiger charge is 2.22. The summed E-state index contributed by atoms with van der Waals surface area (Å²) in [6.45, 7) is 10.8. The molecule has 0 saturated heterocycles. The molecular weight excluding hydrogens is 400 g/mol. The minimum absolute atomic E-state index is 0.261. The molecule has 0 aliphatic heterocycles. The summed E-state index contributed by atoms with van der Waals surface area (Å²) in [6, 6.07) is 7.87. The molecule has 0 N–H and O–H groups in total. The molecule has 0 amide bonds. The Morgan fingerprint density at radius 2 is 1.87 bits per heavy atom. The summed E-state index contributed by atoms with van der Waals surface area (Å²) < 4.78 is 0. The lowest BCUT2D eigenvalue weighted by Gasteiger charge is -2.22. The molecule has 0 fully saturated rings. The molecule has 2 aromatic rings. The zero-order valence-electron chi connectivity index (χ0n) is 18.3. The van der Waals surface area contributed by atoms with Gasteiger partial charge in [-0.05, 0) is 69.4 Å². The molecule has 6 nitrogen and oxygen atoms in total. The first-order chi connectivity index (χ1) is 14.2. The van der Waals surface area contributed by atoms with Crippen LogP contribution >= 0.6 is 11.6 Å². The third-order valence-electron chi connectivity index (χ3n) is 4.83. The summed E-state index contributed by atoms with van der Waals surface area (Å²) in [7, 11) is 0. The van der Waals surface area contributed by atoms with Crippen molar-refractivity contribution in [3.05, 3.63) is 57.6 Å². The zero-order valence-corrected chi connectivity index (χ0v) is 19.1. The Morgan fingerprint density at radius 1 is 1.10 bits per heavy atom. The topological polar surface area (TPSA) is 69.0 Å². The average molecular weight is 429 g/mol. The van der Waals surface area contributed by atoms with Crippen LogP contribution in [0.4, 0.5) is 0 Å². The first kappa shape index (κ1) is 22.2. The van der Waals surface area contributed by atoms with Crippen LogP contribution in [0.3, 0.4) is 0 Å². The SMILES string of the molecule is CC(=NOCC(C)(C)CON=C1CCCc2ccc(Cl)nc21)c1cc(C)cc(C)n1. The lowest BCUT2D eigenvalue weighted by Crippen LogP contribution is -2.24. The van der Waals surface area contributed by atoms with E-state index in [2.05, 4.69) is 34.1 Å². The van der Waals surface area contributed by atoms with Gasteiger partial charge in [-0.3, -0.25) is 4.98 Å². The maximum Gasteiger partial charge on any atom is 0.129 e. The number of rotatable bonds is 7. The van der Waals surface area contributed by atoms with Crippen molar-refractivity contribution >= 4 is 23.0 Å². The predicted molar refractivity (Wildman–Crippen MR) is 120 cm³/mol. The molecule has 160 valence electrons. The number of nitrogens with zero attached hydrogens (tertiary/aromatic N) is 4. The van der Waals surface area contributed by atoms with Gasteiger partial charge in [0.05, 0.1) is 11.4 Å². The number of aryl methyl sites for hydroxylation is 3. The predicted octanol–water partition coefficient (Wildman–Crippen LogP) is 5.27. The number of hydrogen-bond donors (Lipinski definition) is 0. The second-order valence-electron chi connectivity index (χ2n) is 8.59. The van der Waals surface area contributed by atoms with E-state index in [1.54, 1.807) is 0 Å². The second kappa shape index (κ2) is 9.56. The Labute approximate surface area is 183 Å². The Hall–Kier alpha value is -2.47. The van der Waals surface area contributed by atoms with Crippen molar-refractivity contribution in [2.75, 3.05) is 13.2 Å². The molecule has 0 bridgehead atoms. The molecule has 1 aliphatic carbocycles. The van der Waals surface area contributed by atoms with Crippen LogP contribution < -0.4 is 0 Å². The highest BCUT2D eigenvalue weighted by atomic mass is 35.5. The summed E-state index contributed by atoms with van der Waals surface area (Å²) in [4.78, 5) is 20.2. The van der Waals surface area contributed by atoms with Gasteiger partial charge in [0.2, 0.25) is 0 Å². The quantitative estimate of drug-likeness (QED) is 0.342. The fraction of sp³-hybridized carbons (Fsp3) is 0.478. The molecule has 0 radical (unpaired) electrons. The van der Waals surface area contributed by atoms with Gasteiger partial charge in [-0.25, -0.2) is 4.98 Å². The Balaban J connectivity index is 1.56. The minimum Gasteiger partial charge on any atom is -0.395 e. The van der Waals surface area contributed by atoms with Crippen molar-refractivity contribution in [1.82, 2.24) is 9.97 Å². The molecule has 0 atom stereocenters. The number of oxime groups is 2. The maximum absolute atomic E-state index is 6.05. The summed E-state index contributed by atoms with van der Waals surface area (Å²) in [5.41, 5.74) is 6.31. The molecular formula is C23H29ClN4O2. The maximum atomic E-state index is 6.05. The monoisotopic (exact) mass is 428 g/mol. The standard InChI is InChI=1S/C23H29ClN4O2/c1-15-11-16(2)25-20(12-15)17(3)27-29-13-23(4,5)14-30-28-19-8-6-7-18-9-10-21(24)26-22(18)19/h9-12H,6-8,13-14H2,1-5H3. The number of fused-ring (bicyclic) bond motifs is 1. The van der Waals surface area contributed by atoms with E-state index < -0.39 is 0 Å². The van der Waals surface area contributed by atoms with Gasteiger partial charge in [-0.1, -0.05) is 41.8 Å². The van der Waals surface area contributed by atoms with Gasteiger partial charge < -0.3 is 9.68 Å². The van der Waals surface area contributed by atoms with Gasteiger partial charge in [0, 0.05) is 11.1 Å². The van der Waals surface area contributed by atoms with Crippen LogP contribution in [0.5, 0.6) is 0 Å². The largest absolute Gasteiger partial charge is 0.395 e. The summed E-state index contributed by atoms with van der Waals surface area (Å²) in [6.07, 6.45) is 2.86. The second-order valence-corrected chi connectivity index (χ2v) is 8.98. The molecule has 0 unspecified atom stereocenters. The number of hydrogen-bond acceptors (Lipinski definition) is 6. The van der Waals surface area contributed by atoms with E-state index in [9.17, 15) is 0 Å². The number of halogens is 1. The van der Waals surface area contributed by atoms with E-state index in [0.717, 1.165) is 53.3 Å². The van der Waals surface area contributed by atoms with Gasteiger partial charge in [0.15, 0.2) is 0 Å². The van der Waals surface area contributed by atoms with E-state index in [0.29, 0.717) is 18.4 Å². The van der Waals surface area contributed by atoms with Crippen LogP contribution in [0.2, 0.25) is 5.15 Å². The lowest BCUT2D eigenvalue weighted by atomic mass is 9.94. The van der Waals surface area contributed by atoms with Gasteiger partial charge in [-0.15, -0.1) is 0 Å². The van der Waals surface area contributed by atoms with Crippen LogP contribution in [-0.4, -0.2) is 34.6 Å². The van der Waals surface area contributed by atoms with Crippen LogP contribution in [0.15, 0.2) is 34.6 Å². The van der Waals surface area contributed by atoms with E-state index in [1.807, 2.05) is 45.0 Å². The Morgan fingerprint density at radius 3 is 2.63 bits per heavy atom. The molecule has 0 spiro atoms. The van der Waals surface area contributed by atoms with Crippen LogP contribution in [0.25, 0.3) is 0 Å². The molecule has 1 aliphatic rings. The van der Waals surface area contributed by atoms with Crippen molar-refractivity contribution in [2.45, 2.75) is 53.9 Å². The minimum atomic E-state index is -0.261. The van der Waals surface area contributed by atoms with E-state index in [-0.39, 0.29) is 5.41 Å². The van der Waals surface area contributed by atoms with E-state index in [4.69, 9.17) is 21.3 Å². The van der Waals surface area contributed by atoms with Crippen LogP contribution in [-0.2, 0) is 16.1 Å². The van der Waals surface area contributed by atoms with Crippen molar-refractivity contribution in [3.63, 3.8) is 0 Å². The van der Waals surface area contributed by atoms with Crippen molar-refractivity contribution in [3.8, 4) is 0 Å². The van der Waals surface area contributed by atoms with Crippen LogP contribution in [0, 0.1) is 19.3 Å². The first-order valence-electron chi connectivity index (χ1n) is 10.2. The molecule has 0 aromatic carbocycles. The van der Waals surface area contributed by atoms with Crippen molar-refractivity contribution in [2.24, 2.45) is 15.7 Å². The van der Waals surface area contributed by atoms with Crippen molar-refractivity contribution in [1.29, 1.82) is 0 Å². The van der Waals surface area contributed by atoms with Gasteiger partial charge in [0.25, 0.3) is 0 Å². The third-order valence-corrected chi connectivity index (χ3v) is 5.04. The van der Waals surface area contributed by atoms with Gasteiger partial charge in [0.1, 0.15) is 29.8 Å². The lowest BCUT2D eigenvalue weighted by molar-refractivity contribution is -0.000158. The summed E-state index contributed by atoms with van der Waals surface area (Å²) in [5, 5.41) is 9.07. The Kier molecular flexibility index (Phi) is 7.08. The van der Waals surface area contributed by atoms with Gasteiger partial charge in [-0.2, -0.15) is 0 Å².